The van der Waals surface area contributed by atoms with Crippen LogP contribution in [-0.4, -0.2) is 29.1 Å². The van der Waals surface area contributed by atoms with Gasteiger partial charge in [0.1, 0.15) is 0 Å². The maximum Gasteiger partial charge on any atom is 0.235 e. The van der Waals surface area contributed by atoms with E-state index in [1.807, 2.05) is 36.4 Å². The molecule has 242 valence electrons. The molecule has 11 aromatic rings. The van der Waals surface area contributed by atoms with Gasteiger partial charge in [0.15, 0.2) is 0 Å². The van der Waals surface area contributed by atoms with E-state index in [0.717, 1.165) is 87.9 Å². The van der Waals surface area contributed by atoms with Crippen LogP contribution in [0.4, 0.5) is 0 Å². The van der Waals surface area contributed by atoms with Gasteiger partial charge in [0, 0.05) is 43.4 Å². The van der Waals surface area contributed by atoms with E-state index < -0.39 is 0 Å². The van der Waals surface area contributed by atoms with Crippen LogP contribution in [0.5, 0.6) is 0 Å². The van der Waals surface area contributed by atoms with E-state index in [4.69, 9.17) is 19.9 Å². The number of nitrogens with zero attached hydrogens (tertiary/aromatic N) is 6. The zero-order chi connectivity index (χ0) is 34.2. The van der Waals surface area contributed by atoms with Crippen molar-refractivity contribution in [1.29, 1.82) is 0 Å². The Balaban J connectivity index is 1.24. The van der Waals surface area contributed by atoms with Crippen molar-refractivity contribution in [3.63, 3.8) is 0 Å². The summed E-state index contributed by atoms with van der Waals surface area (Å²) in [4.78, 5) is 21.0. The van der Waals surface area contributed by atoms with Crippen LogP contribution in [0.1, 0.15) is 0 Å². The highest BCUT2D eigenvalue weighted by Gasteiger charge is 2.23. The van der Waals surface area contributed by atoms with Crippen LogP contribution in [0.15, 0.2) is 170 Å². The molecule has 0 saturated heterocycles. The van der Waals surface area contributed by atoms with Crippen LogP contribution in [0.25, 0.3) is 99.8 Å². The van der Waals surface area contributed by atoms with E-state index >= 15 is 0 Å². The summed E-state index contributed by atoms with van der Waals surface area (Å²) in [6.07, 6.45) is 0. The van der Waals surface area contributed by atoms with Gasteiger partial charge in [-0.2, -0.15) is 0 Å². The van der Waals surface area contributed by atoms with Crippen LogP contribution in [0.2, 0.25) is 0 Å². The standard InChI is InChI=1S/C46H28N6/c1-3-15-29(16-4-1)43-31-19-7-11-23-35(31)47-45(49-43)51-37-25-13-9-21-33(37)41-39(51)27-28-40-42(41)34-22-10-14-26-38(34)52(40)46-48-36-24-12-8-20-32(36)44(50-46)30-17-5-2-6-18-30/h1-28H. The molecule has 0 unspecified atom stereocenters. The molecule has 0 N–H and O–H groups in total. The zero-order valence-corrected chi connectivity index (χ0v) is 27.8. The molecule has 6 heteroatoms. The number of rotatable bonds is 4. The monoisotopic (exact) mass is 664 g/mol. The summed E-state index contributed by atoms with van der Waals surface area (Å²) >= 11 is 0. The summed E-state index contributed by atoms with van der Waals surface area (Å²) in [6.45, 7) is 0. The van der Waals surface area contributed by atoms with Gasteiger partial charge in [-0.15, -0.1) is 0 Å². The first-order valence-corrected chi connectivity index (χ1v) is 17.4. The third-order valence-corrected chi connectivity index (χ3v) is 10.1. The lowest BCUT2D eigenvalue weighted by Crippen LogP contribution is -2.04. The van der Waals surface area contributed by atoms with E-state index in [2.05, 4.69) is 143 Å². The van der Waals surface area contributed by atoms with Crippen LogP contribution >= 0.6 is 0 Å². The fourth-order valence-corrected chi connectivity index (χ4v) is 7.91. The molecule has 0 aliphatic carbocycles. The SMILES string of the molecule is c1ccc(-c2nc(-n3c4ccccc4c4c5c6ccccc6n(-c6nc(-c7ccccc7)c7ccccc7n6)c5ccc43)nc3ccccc23)cc1. The van der Waals surface area contributed by atoms with Crippen molar-refractivity contribution in [2.24, 2.45) is 0 Å². The molecule has 6 nitrogen and oxygen atoms in total. The van der Waals surface area contributed by atoms with Crippen LogP contribution < -0.4 is 0 Å². The van der Waals surface area contributed by atoms with E-state index in [1.165, 1.54) is 0 Å². The summed E-state index contributed by atoms with van der Waals surface area (Å²) < 4.78 is 4.43. The van der Waals surface area contributed by atoms with Gasteiger partial charge in [-0.25, -0.2) is 19.9 Å². The molecule has 0 saturated carbocycles. The molecular weight excluding hydrogens is 637 g/mol. The highest BCUT2D eigenvalue weighted by atomic mass is 15.2. The molecule has 0 fully saturated rings. The van der Waals surface area contributed by atoms with Crippen LogP contribution in [0.3, 0.4) is 0 Å². The second kappa shape index (κ2) is 11.2. The number of hydrogen-bond donors (Lipinski definition) is 0. The normalized spacial score (nSPS) is 11.8. The first kappa shape index (κ1) is 28.6. The minimum absolute atomic E-state index is 0.636. The van der Waals surface area contributed by atoms with Gasteiger partial charge in [0.05, 0.1) is 44.5 Å². The Morgan fingerprint density at radius 3 is 1.10 bits per heavy atom. The molecule has 4 heterocycles. The molecule has 7 aromatic carbocycles. The number of para-hydroxylation sites is 4. The van der Waals surface area contributed by atoms with Crippen LogP contribution in [-0.2, 0) is 0 Å². The van der Waals surface area contributed by atoms with E-state index in [1.54, 1.807) is 0 Å². The van der Waals surface area contributed by atoms with Crippen molar-refractivity contribution in [1.82, 2.24) is 29.1 Å². The van der Waals surface area contributed by atoms with Crippen molar-refractivity contribution < 1.29 is 0 Å². The van der Waals surface area contributed by atoms with Gasteiger partial charge in [-0.1, -0.05) is 133 Å². The third-order valence-electron chi connectivity index (χ3n) is 10.1. The molecule has 52 heavy (non-hydrogen) atoms. The maximum atomic E-state index is 5.30. The average Bonchev–Trinajstić information content (AvgIpc) is 3.73. The Kier molecular flexibility index (Phi) is 6.15. The largest absolute Gasteiger partial charge is 0.278 e. The lowest BCUT2D eigenvalue weighted by Gasteiger charge is -2.12. The lowest BCUT2D eigenvalue weighted by molar-refractivity contribution is 1.01. The van der Waals surface area contributed by atoms with Crippen LogP contribution in [0, 0.1) is 0 Å². The maximum absolute atomic E-state index is 5.30. The fourth-order valence-electron chi connectivity index (χ4n) is 7.91. The van der Waals surface area contributed by atoms with Gasteiger partial charge in [0.25, 0.3) is 0 Å². The smallest absolute Gasteiger partial charge is 0.235 e. The van der Waals surface area contributed by atoms with Gasteiger partial charge >= 0.3 is 0 Å². The Hall–Kier alpha value is -7.18. The molecule has 0 bridgehead atoms. The Morgan fingerprint density at radius 1 is 0.288 bits per heavy atom. The van der Waals surface area contributed by atoms with E-state index in [0.29, 0.717) is 11.9 Å². The quantitative estimate of drug-likeness (QED) is 0.188. The fraction of sp³-hybridized carbons (Fsp3) is 0. The summed E-state index contributed by atoms with van der Waals surface area (Å²) in [5, 5.41) is 6.60. The Morgan fingerprint density at radius 2 is 0.654 bits per heavy atom. The number of aromatic nitrogens is 6. The summed E-state index contributed by atoms with van der Waals surface area (Å²) in [5.74, 6) is 1.27. The Bertz CT molecular complexity index is 2960. The topological polar surface area (TPSA) is 61.4 Å². The second-order valence-electron chi connectivity index (χ2n) is 13.1. The minimum atomic E-state index is 0.636. The molecular formula is C46H28N6. The third kappa shape index (κ3) is 4.18. The van der Waals surface area contributed by atoms with Gasteiger partial charge in [0.2, 0.25) is 11.9 Å². The number of hydrogen-bond acceptors (Lipinski definition) is 4. The van der Waals surface area contributed by atoms with Crippen molar-refractivity contribution >= 4 is 65.4 Å². The summed E-state index contributed by atoms with van der Waals surface area (Å²) in [5.41, 5.74) is 9.90. The minimum Gasteiger partial charge on any atom is -0.278 e. The molecule has 11 rings (SSSR count). The molecule has 0 radical (unpaired) electrons. The highest BCUT2D eigenvalue weighted by molar-refractivity contribution is 6.28. The predicted molar refractivity (Wildman–Crippen MR) is 212 cm³/mol. The lowest BCUT2D eigenvalue weighted by atomic mass is 10.1. The van der Waals surface area contributed by atoms with Crippen molar-refractivity contribution in [2.45, 2.75) is 0 Å². The molecule has 0 aliphatic heterocycles. The average molecular weight is 665 g/mol. The highest BCUT2D eigenvalue weighted by Crippen LogP contribution is 2.42. The summed E-state index contributed by atoms with van der Waals surface area (Å²) in [6, 6.07) is 58.8. The first-order chi connectivity index (χ1) is 25.8. The van der Waals surface area contributed by atoms with Gasteiger partial charge in [-0.3, -0.25) is 9.13 Å². The van der Waals surface area contributed by atoms with Crippen molar-refractivity contribution in [3.05, 3.63) is 170 Å². The van der Waals surface area contributed by atoms with Gasteiger partial charge < -0.3 is 0 Å². The molecule has 0 spiro atoms. The number of benzene rings is 7. The first-order valence-electron chi connectivity index (χ1n) is 17.4. The van der Waals surface area contributed by atoms with Gasteiger partial charge in [-0.05, 0) is 36.4 Å². The molecule has 0 aliphatic rings. The van der Waals surface area contributed by atoms with Crippen molar-refractivity contribution in [2.75, 3.05) is 0 Å². The molecule has 0 atom stereocenters. The summed E-state index contributed by atoms with van der Waals surface area (Å²) in [7, 11) is 0. The van der Waals surface area contributed by atoms with E-state index in [9.17, 15) is 0 Å². The van der Waals surface area contributed by atoms with Crippen molar-refractivity contribution in [3.8, 4) is 34.4 Å². The predicted octanol–water partition coefficient (Wildman–Crippen LogP) is 11.1. The number of fused-ring (bicyclic) bond motifs is 9. The second-order valence-corrected chi connectivity index (χ2v) is 13.1. The Labute approximate surface area is 297 Å². The zero-order valence-electron chi connectivity index (χ0n) is 27.8. The van der Waals surface area contributed by atoms with E-state index in [-0.39, 0.29) is 0 Å². The molecule has 4 aromatic heterocycles. The molecule has 0 amide bonds.